The van der Waals surface area contributed by atoms with E-state index in [0.29, 0.717) is 29.9 Å². The van der Waals surface area contributed by atoms with Crippen LogP contribution >= 0.6 is 12.6 Å². The van der Waals surface area contributed by atoms with Crippen molar-refractivity contribution in [2.24, 2.45) is 5.92 Å². The molecule has 1 fully saturated rings. The Bertz CT molecular complexity index is 937. The monoisotopic (exact) mass is 459 g/mol. The molecule has 8 nitrogen and oxygen atoms in total. The van der Waals surface area contributed by atoms with Crippen LogP contribution in [0.4, 0.5) is 0 Å². The zero-order valence-corrected chi connectivity index (χ0v) is 19.1. The van der Waals surface area contributed by atoms with Gasteiger partial charge in [0.05, 0.1) is 11.5 Å². The van der Waals surface area contributed by atoms with Gasteiger partial charge in [-0.2, -0.15) is 12.6 Å². The summed E-state index contributed by atoms with van der Waals surface area (Å²) in [5.41, 5.74) is 0.184. The van der Waals surface area contributed by atoms with Gasteiger partial charge < -0.3 is 20.2 Å². The third kappa shape index (κ3) is 5.51. The third-order valence-corrected chi connectivity index (χ3v) is 6.63. The van der Waals surface area contributed by atoms with Crippen LogP contribution in [0.5, 0.6) is 0 Å². The van der Waals surface area contributed by atoms with E-state index < -0.39 is 28.7 Å². The standard InChI is InChI=1S/C23H29N3O5S/c1-14(2)19(32)20(27)26-23(9-3-4-10-23)22(30)25-17(21(28)29)12-15-7-8-16(24-13-15)18-6-5-11-31-18/h5-8,11,13-14,17,19,32H,3-4,9-10,12H2,1-2H3,(H,25,30)(H,26,27)(H,28,29)/t17?,19-/m0/s1. The first-order chi connectivity index (χ1) is 15.2. The van der Waals surface area contributed by atoms with Crippen LogP contribution in [0.25, 0.3) is 11.5 Å². The number of amides is 2. The van der Waals surface area contributed by atoms with Crippen molar-refractivity contribution < 1.29 is 23.9 Å². The van der Waals surface area contributed by atoms with Crippen LogP contribution in [0.15, 0.2) is 41.1 Å². The zero-order chi connectivity index (χ0) is 23.3. The lowest BCUT2D eigenvalue weighted by molar-refractivity contribution is -0.143. The molecule has 3 rings (SSSR count). The lowest BCUT2D eigenvalue weighted by Crippen LogP contribution is -2.61. The Morgan fingerprint density at radius 2 is 1.94 bits per heavy atom. The first-order valence-electron chi connectivity index (χ1n) is 10.7. The molecule has 9 heteroatoms. The number of nitrogens with one attached hydrogen (secondary N) is 2. The van der Waals surface area contributed by atoms with E-state index in [0.717, 1.165) is 12.8 Å². The summed E-state index contributed by atoms with van der Waals surface area (Å²) in [5, 5.41) is 14.7. The highest BCUT2D eigenvalue weighted by Crippen LogP contribution is 2.31. The maximum absolute atomic E-state index is 13.2. The highest BCUT2D eigenvalue weighted by molar-refractivity contribution is 7.81. The molecular weight excluding hydrogens is 430 g/mol. The van der Waals surface area contributed by atoms with E-state index in [9.17, 15) is 19.5 Å². The number of thiol groups is 1. The first-order valence-corrected chi connectivity index (χ1v) is 11.3. The number of carbonyl (C=O) groups excluding carboxylic acids is 2. The second kappa shape index (κ2) is 10.2. The summed E-state index contributed by atoms with van der Waals surface area (Å²) in [6, 6.07) is 5.90. The number of nitrogens with zero attached hydrogens (tertiary/aromatic N) is 1. The summed E-state index contributed by atoms with van der Waals surface area (Å²) in [7, 11) is 0. The minimum atomic E-state index is -1.15. The van der Waals surface area contributed by atoms with Gasteiger partial charge in [-0.25, -0.2) is 4.79 Å². The topological polar surface area (TPSA) is 122 Å². The van der Waals surface area contributed by atoms with Crippen LogP contribution < -0.4 is 10.6 Å². The molecule has 2 amide bonds. The van der Waals surface area contributed by atoms with Crippen LogP contribution in [0.2, 0.25) is 0 Å². The zero-order valence-electron chi connectivity index (χ0n) is 18.2. The molecule has 0 spiro atoms. The van der Waals surface area contributed by atoms with E-state index in [-0.39, 0.29) is 18.2 Å². The number of aromatic nitrogens is 1. The van der Waals surface area contributed by atoms with Crippen molar-refractivity contribution in [3.05, 3.63) is 42.3 Å². The summed E-state index contributed by atoms with van der Waals surface area (Å²) in [6.45, 7) is 3.76. The molecule has 0 bridgehead atoms. The van der Waals surface area contributed by atoms with E-state index >= 15 is 0 Å². The molecule has 3 N–H and O–H groups in total. The van der Waals surface area contributed by atoms with Crippen molar-refractivity contribution in [3.63, 3.8) is 0 Å². The van der Waals surface area contributed by atoms with Crippen LogP contribution in [-0.4, -0.2) is 44.7 Å². The molecule has 2 aromatic rings. The molecule has 32 heavy (non-hydrogen) atoms. The fourth-order valence-electron chi connectivity index (χ4n) is 3.85. The number of carboxylic acids is 1. The highest BCUT2D eigenvalue weighted by atomic mass is 32.1. The number of furan rings is 1. The van der Waals surface area contributed by atoms with E-state index in [1.165, 1.54) is 0 Å². The second-order valence-electron chi connectivity index (χ2n) is 8.56. The molecule has 2 atom stereocenters. The molecule has 1 aliphatic carbocycles. The lowest BCUT2D eigenvalue weighted by atomic mass is 9.94. The van der Waals surface area contributed by atoms with Gasteiger partial charge in [0.1, 0.15) is 17.3 Å². The van der Waals surface area contributed by atoms with E-state index in [1.54, 1.807) is 36.7 Å². The van der Waals surface area contributed by atoms with Gasteiger partial charge in [-0.15, -0.1) is 0 Å². The van der Waals surface area contributed by atoms with Gasteiger partial charge in [-0.3, -0.25) is 14.6 Å². The molecule has 2 heterocycles. The van der Waals surface area contributed by atoms with Crippen molar-refractivity contribution in [3.8, 4) is 11.5 Å². The largest absolute Gasteiger partial charge is 0.480 e. The van der Waals surface area contributed by atoms with Crippen LogP contribution in [0, 0.1) is 5.92 Å². The number of rotatable bonds is 9. The number of hydrogen-bond acceptors (Lipinski definition) is 6. The van der Waals surface area contributed by atoms with Gasteiger partial charge in [0.25, 0.3) is 0 Å². The van der Waals surface area contributed by atoms with Gasteiger partial charge in [0.15, 0.2) is 5.76 Å². The third-order valence-electron chi connectivity index (χ3n) is 5.80. The maximum Gasteiger partial charge on any atom is 0.326 e. The number of carboxylic acid groups (broad SMARTS) is 1. The van der Waals surface area contributed by atoms with Crippen LogP contribution in [0.1, 0.15) is 45.1 Å². The minimum absolute atomic E-state index is 0.00302. The molecule has 2 aromatic heterocycles. The summed E-state index contributed by atoms with van der Waals surface area (Å²) in [6.07, 6.45) is 5.68. The number of carbonyl (C=O) groups is 3. The molecule has 1 unspecified atom stereocenters. The Morgan fingerprint density at radius 1 is 1.22 bits per heavy atom. The smallest absolute Gasteiger partial charge is 0.326 e. The van der Waals surface area contributed by atoms with Crippen LogP contribution in [-0.2, 0) is 20.8 Å². The summed E-state index contributed by atoms with van der Waals surface area (Å²) < 4.78 is 5.31. The van der Waals surface area contributed by atoms with Crippen molar-refractivity contribution >= 4 is 30.4 Å². The molecule has 0 aliphatic heterocycles. The molecular formula is C23H29N3O5S. The summed E-state index contributed by atoms with van der Waals surface area (Å²) >= 11 is 4.35. The Hall–Kier alpha value is -2.81. The van der Waals surface area contributed by atoms with Gasteiger partial charge in [0, 0.05) is 12.6 Å². The summed E-state index contributed by atoms with van der Waals surface area (Å²) in [4.78, 5) is 42.0. The summed E-state index contributed by atoms with van der Waals surface area (Å²) in [5.74, 6) is -1.32. The molecule has 1 saturated carbocycles. The van der Waals surface area contributed by atoms with E-state index in [1.807, 2.05) is 13.8 Å². The van der Waals surface area contributed by atoms with Crippen molar-refractivity contribution in [2.45, 2.75) is 62.8 Å². The van der Waals surface area contributed by atoms with Gasteiger partial charge in [-0.1, -0.05) is 32.8 Å². The van der Waals surface area contributed by atoms with Crippen molar-refractivity contribution in [1.82, 2.24) is 15.6 Å². The highest BCUT2D eigenvalue weighted by Gasteiger charge is 2.44. The Balaban J connectivity index is 1.70. The molecule has 0 aromatic carbocycles. The Morgan fingerprint density at radius 3 is 2.47 bits per heavy atom. The number of pyridine rings is 1. The number of aliphatic carboxylic acids is 1. The molecule has 0 radical (unpaired) electrons. The van der Waals surface area contributed by atoms with Crippen molar-refractivity contribution in [1.29, 1.82) is 0 Å². The lowest BCUT2D eigenvalue weighted by Gasteiger charge is -2.32. The second-order valence-corrected chi connectivity index (χ2v) is 9.12. The SMILES string of the molecule is CC(C)[C@H](S)C(=O)NC1(C(=O)NC(Cc2ccc(-c3ccco3)nc2)C(=O)O)CCCC1. The first kappa shape index (κ1) is 23.8. The Labute approximate surface area is 192 Å². The minimum Gasteiger partial charge on any atom is -0.480 e. The molecule has 1 aliphatic rings. The van der Waals surface area contributed by atoms with Gasteiger partial charge in [0.2, 0.25) is 11.8 Å². The fourth-order valence-corrected chi connectivity index (χ4v) is 3.91. The van der Waals surface area contributed by atoms with Crippen molar-refractivity contribution in [2.75, 3.05) is 0 Å². The normalized spacial score (nSPS) is 17.0. The van der Waals surface area contributed by atoms with Crippen LogP contribution in [0.3, 0.4) is 0 Å². The van der Waals surface area contributed by atoms with Gasteiger partial charge in [-0.05, 0) is 42.5 Å². The predicted molar refractivity (Wildman–Crippen MR) is 122 cm³/mol. The average molecular weight is 460 g/mol. The predicted octanol–water partition coefficient (Wildman–Crippen LogP) is 2.84. The molecule has 172 valence electrons. The maximum atomic E-state index is 13.2. The molecule has 0 saturated heterocycles. The van der Waals surface area contributed by atoms with E-state index in [2.05, 4.69) is 28.2 Å². The fraction of sp³-hybridized carbons (Fsp3) is 0.478. The quantitative estimate of drug-likeness (QED) is 0.428. The number of hydrogen-bond donors (Lipinski definition) is 4. The van der Waals surface area contributed by atoms with E-state index in [4.69, 9.17) is 4.42 Å². The Kier molecular flexibility index (Phi) is 7.60. The average Bonchev–Trinajstić information content (AvgIpc) is 3.46. The van der Waals surface area contributed by atoms with Gasteiger partial charge >= 0.3 is 5.97 Å².